The minimum Gasteiger partial charge on any atom is -0.337 e. The van der Waals surface area contributed by atoms with Crippen LogP contribution in [0.5, 0.6) is 0 Å². The molecule has 2 aromatic carbocycles. The number of aromatic nitrogens is 2. The molecule has 2 aliphatic rings. The molecule has 0 radical (unpaired) electrons. The minimum atomic E-state index is 0.108. The molecule has 3 aromatic rings. The number of carbonyl (C=O) groups is 1. The highest BCUT2D eigenvalue weighted by Crippen LogP contribution is 2.27. The topological polar surface area (TPSA) is 41.4 Å². The van der Waals surface area contributed by atoms with E-state index in [2.05, 4.69) is 48.2 Å². The average Bonchev–Trinajstić information content (AvgIpc) is 3.55. The molecule has 0 spiro atoms. The molecule has 2 fully saturated rings. The molecule has 1 aromatic heterocycles. The average molecular weight is 415 g/mol. The van der Waals surface area contributed by atoms with Gasteiger partial charge in [0.15, 0.2) is 0 Å². The summed E-state index contributed by atoms with van der Waals surface area (Å²) in [5.74, 6) is 0.108. The lowest BCUT2D eigenvalue weighted by Crippen LogP contribution is -2.37. The van der Waals surface area contributed by atoms with Gasteiger partial charge in [-0.2, -0.15) is 5.10 Å². The van der Waals surface area contributed by atoms with Gasteiger partial charge in [0.1, 0.15) is 5.69 Å². The van der Waals surface area contributed by atoms with Crippen LogP contribution < -0.4 is 0 Å². The second-order valence-corrected chi connectivity index (χ2v) is 8.88. The van der Waals surface area contributed by atoms with Gasteiger partial charge in [0.25, 0.3) is 5.91 Å². The van der Waals surface area contributed by atoms with Crippen LogP contribution >= 0.6 is 0 Å². The quantitative estimate of drug-likeness (QED) is 0.628. The maximum Gasteiger partial charge on any atom is 0.257 e. The van der Waals surface area contributed by atoms with E-state index in [0.717, 1.165) is 30.8 Å². The first-order chi connectivity index (χ1) is 15.2. The van der Waals surface area contributed by atoms with Crippen LogP contribution in [0, 0.1) is 6.92 Å². The SMILES string of the molecule is Cc1ccc(-c2nn(Cc3ccccc3)cc2C(=O)N2CCC(N3CCCC3)C2)cc1. The summed E-state index contributed by atoms with van der Waals surface area (Å²) >= 11 is 0. The normalized spacial score (nSPS) is 19.3. The molecule has 0 aliphatic carbocycles. The van der Waals surface area contributed by atoms with E-state index in [1.165, 1.54) is 37.1 Å². The van der Waals surface area contributed by atoms with Crippen LogP contribution in [0.1, 0.15) is 40.7 Å². The van der Waals surface area contributed by atoms with E-state index in [4.69, 9.17) is 5.10 Å². The van der Waals surface area contributed by atoms with Crippen molar-refractivity contribution in [2.24, 2.45) is 0 Å². The highest BCUT2D eigenvalue weighted by atomic mass is 16.2. The molecular formula is C26H30N4O. The monoisotopic (exact) mass is 414 g/mol. The van der Waals surface area contributed by atoms with Crippen molar-refractivity contribution in [3.05, 3.63) is 77.5 Å². The van der Waals surface area contributed by atoms with Gasteiger partial charge in [0.05, 0.1) is 12.1 Å². The molecule has 5 nitrogen and oxygen atoms in total. The van der Waals surface area contributed by atoms with Gasteiger partial charge in [-0.05, 0) is 44.8 Å². The van der Waals surface area contributed by atoms with E-state index in [-0.39, 0.29) is 5.91 Å². The third kappa shape index (κ3) is 4.28. The number of amides is 1. The smallest absolute Gasteiger partial charge is 0.257 e. The van der Waals surface area contributed by atoms with E-state index in [1.807, 2.05) is 34.0 Å². The lowest BCUT2D eigenvalue weighted by molar-refractivity contribution is 0.0780. The van der Waals surface area contributed by atoms with Crippen LogP contribution in [0.25, 0.3) is 11.3 Å². The van der Waals surface area contributed by atoms with E-state index < -0.39 is 0 Å². The van der Waals surface area contributed by atoms with Gasteiger partial charge in [0.2, 0.25) is 0 Å². The summed E-state index contributed by atoms with van der Waals surface area (Å²) in [7, 11) is 0. The van der Waals surface area contributed by atoms with Crippen molar-refractivity contribution in [2.45, 2.75) is 38.8 Å². The zero-order valence-corrected chi connectivity index (χ0v) is 18.2. The summed E-state index contributed by atoms with van der Waals surface area (Å²) < 4.78 is 1.91. The largest absolute Gasteiger partial charge is 0.337 e. The first-order valence-electron chi connectivity index (χ1n) is 11.4. The first-order valence-corrected chi connectivity index (χ1v) is 11.4. The third-order valence-corrected chi connectivity index (χ3v) is 6.61. The summed E-state index contributed by atoms with van der Waals surface area (Å²) in [5.41, 5.74) is 4.87. The molecular weight excluding hydrogens is 384 g/mol. The Morgan fingerprint density at radius 2 is 1.74 bits per heavy atom. The van der Waals surface area contributed by atoms with Crippen molar-refractivity contribution in [1.29, 1.82) is 0 Å². The lowest BCUT2D eigenvalue weighted by Gasteiger charge is -2.23. The zero-order valence-electron chi connectivity index (χ0n) is 18.2. The summed E-state index contributed by atoms with van der Waals surface area (Å²) in [5, 5.41) is 4.85. The summed E-state index contributed by atoms with van der Waals surface area (Å²) in [6.07, 6.45) is 5.58. The standard InChI is InChI=1S/C26H30N4O/c1-20-9-11-22(12-10-20)25-24(19-30(27-25)17-21-7-3-2-4-8-21)26(31)29-16-13-23(18-29)28-14-5-6-15-28/h2-4,7-12,19,23H,5-6,13-18H2,1H3. The van der Waals surface area contributed by atoms with Crippen LogP contribution in [0.2, 0.25) is 0 Å². The van der Waals surface area contributed by atoms with E-state index in [9.17, 15) is 4.79 Å². The Balaban J connectivity index is 1.43. The second-order valence-electron chi connectivity index (χ2n) is 8.88. The van der Waals surface area contributed by atoms with E-state index in [1.54, 1.807) is 0 Å². The molecule has 0 saturated carbocycles. The first kappa shape index (κ1) is 20.0. The number of carbonyl (C=O) groups excluding carboxylic acids is 1. The fourth-order valence-electron chi connectivity index (χ4n) is 4.86. The Hall–Kier alpha value is -2.92. The number of benzene rings is 2. The number of nitrogens with zero attached hydrogens (tertiary/aromatic N) is 4. The van der Waals surface area contributed by atoms with Crippen molar-refractivity contribution in [3.8, 4) is 11.3 Å². The molecule has 31 heavy (non-hydrogen) atoms. The van der Waals surface area contributed by atoms with Gasteiger partial charge in [-0.25, -0.2) is 0 Å². The van der Waals surface area contributed by atoms with Gasteiger partial charge in [-0.1, -0.05) is 60.2 Å². The second kappa shape index (κ2) is 8.67. The van der Waals surface area contributed by atoms with Crippen molar-refractivity contribution < 1.29 is 4.79 Å². The fourth-order valence-corrected chi connectivity index (χ4v) is 4.86. The summed E-state index contributed by atoms with van der Waals surface area (Å²) in [4.78, 5) is 18.2. The molecule has 2 aliphatic heterocycles. The Morgan fingerprint density at radius 3 is 2.48 bits per heavy atom. The van der Waals surface area contributed by atoms with Gasteiger partial charge >= 0.3 is 0 Å². The summed E-state index contributed by atoms with van der Waals surface area (Å²) in [6.45, 7) is 6.75. The lowest BCUT2D eigenvalue weighted by atomic mass is 10.1. The Kier molecular flexibility index (Phi) is 5.60. The maximum atomic E-state index is 13.6. The Bertz CT molecular complexity index is 1040. The predicted molar refractivity (Wildman–Crippen MR) is 123 cm³/mol. The van der Waals surface area contributed by atoms with Crippen LogP contribution in [0.15, 0.2) is 60.8 Å². The Morgan fingerprint density at radius 1 is 1.00 bits per heavy atom. The van der Waals surface area contributed by atoms with Gasteiger partial charge in [0, 0.05) is 30.9 Å². The number of likely N-dealkylation sites (tertiary alicyclic amines) is 2. The van der Waals surface area contributed by atoms with Gasteiger partial charge < -0.3 is 4.90 Å². The van der Waals surface area contributed by atoms with E-state index >= 15 is 0 Å². The molecule has 1 amide bonds. The zero-order chi connectivity index (χ0) is 21.2. The highest BCUT2D eigenvalue weighted by Gasteiger charge is 2.33. The third-order valence-electron chi connectivity index (χ3n) is 6.61. The molecule has 1 unspecified atom stereocenters. The van der Waals surface area contributed by atoms with Crippen LogP contribution in [-0.4, -0.2) is 57.7 Å². The van der Waals surface area contributed by atoms with Crippen LogP contribution in [0.4, 0.5) is 0 Å². The summed E-state index contributed by atoms with van der Waals surface area (Å²) in [6, 6.07) is 19.1. The highest BCUT2D eigenvalue weighted by molar-refractivity contribution is 6.00. The van der Waals surface area contributed by atoms with Crippen LogP contribution in [0.3, 0.4) is 0 Å². The van der Waals surface area contributed by atoms with Crippen molar-refractivity contribution in [1.82, 2.24) is 19.6 Å². The fraction of sp³-hybridized carbons (Fsp3) is 0.385. The van der Waals surface area contributed by atoms with Crippen molar-refractivity contribution in [2.75, 3.05) is 26.2 Å². The van der Waals surface area contributed by atoms with Gasteiger partial charge in [-0.15, -0.1) is 0 Å². The molecule has 160 valence electrons. The molecule has 0 N–H and O–H groups in total. The number of aryl methyl sites for hydroxylation is 1. The maximum absolute atomic E-state index is 13.6. The molecule has 5 heteroatoms. The Labute approximate surface area is 184 Å². The molecule has 3 heterocycles. The predicted octanol–water partition coefficient (Wildman–Crippen LogP) is 4.22. The van der Waals surface area contributed by atoms with Crippen molar-refractivity contribution in [3.63, 3.8) is 0 Å². The van der Waals surface area contributed by atoms with E-state index in [0.29, 0.717) is 18.2 Å². The molecule has 5 rings (SSSR count). The number of rotatable bonds is 5. The minimum absolute atomic E-state index is 0.108. The number of hydrogen-bond acceptors (Lipinski definition) is 3. The van der Waals surface area contributed by atoms with Crippen molar-refractivity contribution >= 4 is 5.91 Å². The van der Waals surface area contributed by atoms with Gasteiger partial charge in [-0.3, -0.25) is 14.4 Å². The van der Waals surface area contributed by atoms with Crippen LogP contribution in [-0.2, 0) is 6.54 Å². The molecule has 0 bridgehead atoms. The molecule has 1 atom stereocenters. The number of hydrogen-bond donors (Lipinski definition) is 0. The molecule has 2 saturated heterocycles.